The van der Waals surface area contributed by atoms with Crippen molar-refractivity contribution >= 4 is 5.69 Å². The predicted octanol–water partition coefficient (Wildman–Crippen LogP) is 2.83. The summed E-state index contributed by atoms with van der Waals surface area (Å²) in [6.45, 7) is 6.07. The molecule has 0 aliphatic heterocycles. The first kappa shape index (κ1) is 10.8. The third-order valence-corrected chi connectivity index (χ3v) is 2.23. The van der Waals surface area contributed by atoms with Gasteiger partial charge >= 0.3 is 0 Å². The molecule has 2 N–H and O–H groups in total. The number of nitrogens with two attached hydrogens (primary N) is 1. The summed E-state index contributed by atoms with van der Waals surface area (Å²) < 4.78 is 18.5. The SMILES string of the molecule is CC(C)C(C)Oc1ccc(N)c(F)c1. The van der Waals surface area contributed by atoms with Crippen LogP contribution in [0.3, 0.4) is 0 Å². The van der Waals surface area contributed by atoms with Gasteiger partial charge in [-0.1, -0.05) is 13.8 Å². The van der Waals surface area contributed by atoms with Crippen molar-refractivity contribution in [3.63, 3.8) is 0 Å². The van der Waals surface area contributed by atoms with Crippen LogP contribution < -0.4 is 10.5 Å². The number of rotatable bonds is 3. The smallest absolute Gasteiger partial charge is 0.149 e. The van der Waals surface area contributed by atoms with E-state index < -0.39 is 5.82 Å². The highest BCUT2D eigenvalue weighted by Gasteiger charge is 2.09. The number of halogens is 1. The highest BCUT2D eigenvalue weighted by Crippen LogP contribution is 2.20. The van der Waals surface area contributed by atoms with E-state index in [-0.39, 0.29) is 11.8 Å². The molecule has 0 saturated heterocycles. The zero-order valence-electron chi connectivity index (χ0n) is 8.75. The van der Waals surface area contributed by atoms with E-state index in [9.17, 15) is 4.39 Å². The summed E-state index contributed by atoms with van der Waals surface area (Å²) in [6, 6.07) is 4.50. The van der Waals surface area contributed by atoms with Gasteiger partial charge in [-0.25, -0.2) is 4.39 Å². The average molecular weight is 197 g/mol. The number of anilines is 1. The van der Waals surface area contributed by atoms with E-state index in [0.29, 0.717) is 11.7 Å². The van der Waals surface area contributed by atoms with Gasteiger partial charge in [0.15, 0.2) is 0 Å². The molecule has 3 heteroatoms. The fourth-order valence-corrected chi connectivity index (χ4v) is 0.932. The maximum absolute atomic E-state index is 13.0. The number of ether oxygens (including phenoxy) is 1. The van der Waals surface area contributed by atoms with E-state index in [0.717, 1.165) is 0 Å². The normalized spacial score (nSPS) is 12.9. The van der Waals surface area contributed by atoms with Gasteiger partial charge in [0.25, 0.3) is 0 Å². The van der Waals surface area contributed by atoms with E-state index in [4.69, 9.17) is 10.5 Å². The van der Waals surface area contributed by atoms with Crippen LogP contribution in [0.2, 0.25) is 0 Å². The first-order chi connectivity index (χ1) is 6.50. The Bertz CT molecular complexity index is 312. The zero-order valence-corrected chi connectivity index (χ0v) is 8.75. The molecular formula is C11H16FNO. The fraction of sp³-hybridized carbons (Fsp3) is 0.455. The van der Waals surface area contributed by atoms with Crippen molar-refractivity contribution in [2.75, 3.05) is 5.73 Å². The minimum atomic E-state index is -0.432. The van der Waals surface area contributed by atoms with Crippen molar-refractivity contribution in [3.8, 4) is 5.75 Å². The van der Waals surface area contributed by atoms with Crippen LogP contribution in [0.15, 0.2) is 18.2 Å². The molecule has 0 spiro atoms. The van der Waals surface area contributed by atoms with E-state index in [1.54, 1.807) is 6.07 Å². The van der Waals surface area contributed by atoms with Gasteiger partial charge in [0.05, 0.1) is 11.8 Å². The summed E-state index contributed by atoms with van der Waals surface area (Å²) in [5.74, 6) is 0.493. The fourth-order valence-electron chi connectivity index (χ4n) is 0.932. The highest BCUT2D eigenvalue weighted by molar-refractivity contribution is 5.43. The molecule has 1 atom stereocenters. The van der Waals surface area contributed by atoms with Gasteiger partial charge in [-0.3, -0.25) is 0 Å². The van der Waals surface area contributed by atoms with E-state index in [2.05, 4.69) is 13.8 Å². The molecule has 14 heavy (non-hydrogen) atoms. The van der Waals surface area contributed by atoms with E-state index in [1.165, 1.54) is 12.1 Å². The Kier molecular flexibility index (Phi) is 3.33. The second kappa shape index (κ2) is 4.31. The van der Waals surface area contributed by atoms with Crippen LogP contribution in [0.1, 0.15) is 20.8 Å². The molecule has 2 nitrogen and oxygen atoms in total. The number of hydrogen-bond acceptors (Lipinski definition) is 2. The molecule has 1 aromatic carbocycles. The molecule has 0 fully saturated rings. The van der Waals surface area contributed by atoms with Crippen LogP contribution in [0.25, 0.3) is 0 Å². The Hall–Kier alpha value is -1.25. The first-order valence-electron chi connectivity index (χ1n) is 4.72. The van der Waals surface area contributed by atoms with Crippen molar-refractivity contribution in [1.82, 2.24) is 0 Å². The number of nitrogen functional groups attached to an aromatic ring is 1. The predicted molar refractivity (Wildman–Crippen MR) is 55.7 cm³/mol. The molecule has 1 rings (SSSR count). The lowest BCUT2D eigenvalue weighted by molar-refractivity contribution is 0.170. The van der Waals surface area contributed by atoms with Gasteiger partial charge < -0.3 is 10.5 Å². The minimum absolute atomic E-state index is 0.0676. The van der Waals surface area contributed by atoms with Crippen LogP contribution >= 0.6 is 0 Å². The minimum Gasteiger partial charge on any atom is -0.490 e. The summed E-state index contributed by atoms with van der Waals surface area (Å²) in [7, 11) is 0. The van der Waals surface area contributed by atoms with Crippen molar-refractivity contribution in [3.05, 3.63) is 24.0 Å². The molecule has 0 heterocycles. The maximum Gasteiger partial charge on any atom is 0.149 e. The van der Waals surface area contributed by atoms with Gasteiger partial charge in [0.2, 0.25) is 0 Å². The number of hydrogen-bond donors (Lipinski definition) is 1. The Labute approximate surface area is 83.9 Å². The molecular weight excluding hydrogens is 181 g/mol. The van der Waals surface area contributed by atoms with Crippen molar-refractivity contribution in [2.45, 2.75) is 26.9 Å². The van der Waals surface area contributed by atoms with E-state index in [1.807, 2.05) is 6.92 Å². The Balaban J connectivity index is 2.73. The quantitative estimate of drug-likeness (QED) is 0.756. The van der Waals surface area contributed by atoms with Crippen LogP contribution in [-0.4, -0.2) is 6.10 Å². The third-order valence-electron chi connectivity index (χ3n) is 2.23. The second-order valence-electron chi connectivity index (χ2n) is 3.75. The highest BCUT2D eigenvalue weighted by atomic mass is 19.1. The lowest BCUT2D eigenvalue weighted by Gasteiger charge is -2.18. The van der Waals surface area contributed by atoms with Gasteiger partial charge in [0.1, 0.15) is 11.6 Å². The van der Waals surface area contributed by atoms with Crippen molar-refractivity contribution in [1.29, 1.82) is 0 Å². The summed E-state index contributed by atoms with van der Waals surface area (Å²) >= 11 is 0. The average Bonchev–Trinajstić information content (AvgIpc) is 2.11. The third kappa shape index (κ3) is 2.62. The summed E-state index contributed by atoms with van der Waals surface area (Å²) in [5, 5.41) is 0. The molecule has 1 unspecified atom stereocenters. The molecule has 0 amide bonds. The van der Waals surface area contributed by atoms with Gasteiger partial charge in [-0.2, -0.15) is 0 Å². The molecule has 0 bridgehead atoms. The zero-order chi connectivity index (χ0) is 10.7. The number of benzene rings is 1. The summed E-state index contributed by atoms with van der Waals surface area (Å²) in [6.07, 6.45) is 0.0676. The molecule has 78 valence electrons. The summed E-state index contributed by atoms with van der Waals surface area (Å²) in [4.78, 5) is 0. The van der Waals surface area contributed by atoms with Crippen molar-refractivity contribution in [2.24, 2.45) is 5.92 Å². The van der Waals surface area contributed by atoms with Crippen LogP contribution in [0, 0.1) is 11.7 Å². The second-order valence-corrected chi connectivity index (χ2v) is 3.75. The van der Waals surface area contributed by atoms with Gasteiger partial charge in [-0.15, -0.1) is 0 Å². The maximum atomic E-state index is 13.0. The monoisotopic (exact) mass is 197 g/mol. The van der Waals surface area contributed by atoms with Gasteiger partial charge in [-0.05, 0) is 25.0 Å². The first-order valence-corrected chi connectivity index (χ1v) is 4.72. The molecule has 0 aliphatic carbocycles. The van der Waals surface area contributed by atoms with Gasteiger partial charge in [0, 0.05) is 6.07 Å². The Morgan fingerprint density at radius 3 is 2.43 bits per heavy atom. The Morgan fingerprint density at radius 2 is 1.93 bits per heavy atom. The largest absolute Gasteiger partial charge is 0.490 e. The summed E-state index contributed by atoms with van der Waals surface area (Å²) in [5.41, 5.74) is 5.50. The topological polar surface area (TPSA) is 35.2 Å². The van der Waals surface area contributed by atoms with Crippen LogP contribution in [0.4, 0.5) is 10.1 Å². The molecule has 0 aliphatic rings. The Morgan fingerprint density at radius 1 is 1.29 bits per heavy atom. The van der Waals surface area contributed by atoms with Crippen molar-refractivity contribution < 1.29 is 9.13 Å². The van der Waals surface area contributed by atoms with E-state index >= 15 is 0 Å². The molecule has 1 aromatic rings. The molecule has 0 saturated carbocycles. The molecule has 0 aromatic heterocycles. The van der Waals surface area contributed by atoms with Crippen LogP contribution in [-0.2, 0) is 0 Å². The van der Waals surface area contributed by atoms with Crippen LogP contribution in [0.5, 0.6) is 5.75 Å². The molecule has 0 radical (unpaired) electrons. The lowest BCUT2D eigenvalue weighted by atomic mass is 10.1. The lowest BCUT2D eigenvalue weighted by Crippen LogP contribution is -2.18. The standard InChI is InChI=1S/C11H16FNO/c1-7(2)8(3)14-9-4-5-11(13)10(12)6-9/h4-8H,13H2,1-3H3.